The maximum Gasteiger partial charge on any atom is 0.197 e. The van der Waals surface area contributed by atoms with Crippen LogP contribution in [-0.2, 0) is 0 Å². The second-order valence-electron chi connectivity index (χ2n) is 3.12. The van der Waals surface area contributed by atoms with Crippen molar-refractivity contribution in [1.82, 2.24) is 9.97 Å². The molecule has 0 radical (unpaired) electrons. The van der Waals surface area contributed by atoms with Crippen molar-refractivity contribution in [2.45, 2.75) is 6.92 Å². The van der Waals surface area contributed by atoms with Crippen LogP contribution in [0.15, 0.2) is 24.4 Å². The van der Waals surface area contributed by atoms with Gasteiger partial charge in [0.2, 0.25) is 0 Å². The number of benzene rings is 1. The van der Waals surface area contributed by atoms with Crippen molar-refractivity contribution in [1.29, 1.82) is 0 Å². The number of aromatic amines is 1. The molecule has 3 nitrogen and oxygen atoms in total. The number of nitrogens with one attached hydrogen (secondary N) is 1. The van der Waals surface area contributed by atoms with Crippen LogP contribution in [0.1, 0.15) is 5.56 Å². The van der Waals surface area contributed by atoms with E-state index in [1.54, 1.807) is 25.1 Å². The zero-order valence-electron chi connectivity index (χ0n) is 7.71. The summed E-state index contributed by atoms with van der Waals surface area (Å²) in [6.07, 6.45) is 1.52. The van der Waals surface area contributed by atoms with Crippen molar-refractivity contribution >= 4 is 5.95 Å². The molecule has 0 aliphatic rings. The molecule has 1 aromatic heterocycles. The van der Waals surface area contributed by atoms with Gasteiger partial charge in [0, 0.05) is 5.56 Å². The van der Waals surface area contributed by atoms with Crippen molar-refractivity contribution in [2.75, 3.05) is 5.73 Å². The van der Waals surface area contributed by atoms with Crippen molar-refractivity contribution in [2.24, 2.45) is 0 Å². The molecule has 0 bridgehead atoms. The molecule has 0 fully saturated rings. The van der Waals surface area contributed by atoms with E-state index < -0.39 is 0 Å². The number of H-pyrrole nitrogens is 1. The standard InChI is InChI=1S/C10H10FN3/c1-6-3-2-4-7(9(6)11)8-5-13-10(12)14-8/h2-5H,1H3,(H3,12,13,14). The fourth-order valence-corrected chi connectivity index (χ4v) is 1.33. The number of anilines is 1. The van der Waals surface area contributed by atoms with Crippen LogP contribution in [0.3, 0.4) is 0 Å². The molecule has 0 aliphatic carbocycles. The Kier molecular flexibility index (Phi) is 1.96. The van der Waals surface area contributed by atoms with Crippen LogP contribution in [0, 0.1) is 12.7 Å². The van der Waals surface area contributed by atoms with Gasteiger partial charge in [-0.25, -0.2) is 9.37 Å². The number of aryl methyl sites for hydroxylation is 1. The molecule has 2 rings (SSSR count). The Morgan fingerprint density at radius 2 is 2.21 bits per heavy atom. The topological polar surface area (TPSA) is 54.7 Å². The number of nitrogens with zero attached hydrogens (tertiary/aromatic N) is 1. The largest absolute Gasteiger partial charge is 0.369 e. The number of imidazole rings is 1. The fraction of sp³-hybridized carbons (Fsp3) is 0.100. The number of aromatic nitrogens is 2. The maximum absolute atomic E-state index is 13.6. The summed E-state index contributed by atoms with van der Waals surface area (Å²) in [6, 6.07) is 5.21. The highest BCUT2D eigenvalue weighted by atomic mass is 19.1. The Hall–Kier alpha value is -1.84. The predicted octanol–water partition coefficient (Wildman–Crippen LogP) is 2.11. The van der Waals surface area contributed by atoms with Crippen LogP contribution in [-0.4, -0.2) is 9.97 Å². The first-order chi connectivity index (χ1) is 6.68. The van der Waals surface area contributed by atoms with E-state index in [4.69, 9.17) is 5.73 Å². The van der Waals surface area contributed by atoms with Gasteiger partial charge in [-0.15, -0.1) is 0 Å². The lowest BCUT2D eigenvalue weighted by atomic mass is 10.1. The van der Waals surface area contributed by atoms with Crippen LogP contribution in [0.5, 0.6) is 0 Å². The Morgan fingerprint density at radius 1 is 1.43 bits per heavy atom. The van der Waals surface area contributed by atoms with E-state index in [1.807, 2.05) is 0 Å². The number of hydrogen-bond acceptors (Lipinski definition) is 2. The van der Waals surface area contributed by atoms with Gasteiger partial charge >= 0.3 is 0 Å². The second kappa shape index (κ2) is 3.14. The smallest absolute Gasteiger partial charge is 0.197 e. The molecule has 1 heterocycles. The average molecular weight is 191 g/mol. The Morgan fingerprint density at radius 3 is 2.86 bits per heavy atom. The first kappa shape index (κ1) is 8.74. The predicted molar refractivity (Wildman–Crippen MR) is 53.1 cm³/mol. The third-order valence-corrected chi connectivity index (χ3v) is 2.08. The third-order valence-electron chi connectivity index (χ3n) is 2.08. The lowest BCUT2D eigenvalue weighted by Gasteiger charge is -2.01. The third kappa shape index (κ3) is 1.35. The quantitative estimate of drug-likeness (QED) is 0.725. The van der Waals surface area contributed by atoms with Gasteiger partial charge in [-0.2, -0.15) is 0 Å². The van der Waals surface area contributed by atoms with Gasteiger partial charge in [-0.05, 0) is 18.6 Å². The molecule has 0 spiro atoms. The zero-order chi connectivity index (χ0) is 10.1. The minimum absolute atomic E-state index is 0.240. The van der Waals surface area contributed by atoms with Crippen LogP contribution in [0.2, 0.25) is 0 Å². The van der Waals surface area contributed by atoms with E-state index in [0.717, 1.165) is 0 Å². The van der Waals surface area contributed by atoms with E-state index in [-0.39, 0.29) is 5.82 Å². The normalized spacial score (nSPS) is 10.4. The summed E-state index contributed by atoms with van der Waals surface area (Å²) in [4.78, 5) is 6.61. The lowest BCUT2D eigenvalue weighted by molar-refractivity contribution is 0.621. The van der Waals surface area contributed by atoms with Crippen molar-refractivity contribution < 1.29 is 4.39 Å². The number of nitrogen functional groups attached to an aromatic ring is 1. The molecule has 2 aromatic rings. The van der Waals surface area contributed by atoms with Gasteiger partial charge in [0.25, 0.3) is 0 Å². The molecule has 0 atom stereocenters. The van der Waals surface area contributed by atoms with Gasteiger partial charge in [0.1, 0.15) is 5.82 Å². The van der Waals surface area contributed by atoms with E-state index in [1.165, 1.54) is 6.20 Å². The molecule has 72 valence electrons. The highest BCUT2D eigenvalue weighted by Crippen LogP contribution is 2.23. The van der Waals surface area contributed by atoms with Crippen LogP contribution in [0.25, 0.3) is 11.3 Å². The van der Waals surface area contributed by atoms with Crippen LogP contribution in [0.4, 0.5) is 10.3 Å². The number of hydrogen-bond donors (Lipinski definition) is 2. The minimum Gasteiger partial charge on any atom is -0.369 e. The SMILES string of the molecule is Cc1cccc(-c2cnc(N)[nH]2)c1F. The Labute approximate surface area is 80.8 Å². The van der Waals surface area contributed by atoms with Crippen LogP contribution >= 0.6 is 0 Å². The first-order valence-corrected chi connectivity index (χ1v) is 4.24. The van der Waals surface area contributed by atoms with Gasteiger partial charge in [-0.3, -0.25) is 0 Å². The lowest BCUT2D eigenvalue weighted by Crippen LogP contribution is -1.89. The summed E-state index contributed by atoms with van der Waals surface area (Å²) in [5, 5.41) is 0. The molecule has 14 heavy (non-hydrogen) atoms. The first-order valence-electron chi connectivity index (χ1n) is 4.24. The van der Waals surface area contributed by atoms with E-state index in [0.29, 0.717) is 22.8 Å². The van der Waals surface area contributed by atoms with Gasteiger partial charge in [-0.1, -0.05) is 12.1 Å². The second-order valence-corrected chi connectivity index (χ2v) is 3.12. The highest BCUT2D eigenvalue weighted by molar-refractivity contribution is 5.61. The van der Waals surface area contributed by atoms with E-state index in [9.17, 15) is 4.39 Å². The Bertz CT molecular complexity index is 462. The zero-order valence-corrected chi connectivity index (χ0v) is 7.71. The summed E-state index contributed by atoms with van der Waals surface area (Å²) in [6.45, 7) is 1.72. The molecule has 3 N–H and O–H groups in total. The molecule has 0 saturated heterocycles. The molecule has 1 aromatic carbocycles. The van der Waals surface area contributed by atoms with Crippen molar-refractivity contribution in [3.8, 4) is 11.3 Å². The Balaban J connectivity index is 2.57. The van der Waals surface area contributed by atoms with Crippen molar-refractivity contribution in [3.05, 3.63) is 35.8 Å². The van der Waals surface area contributed by atoms with Gasteiger partial charge < -0.3 is 10.7 Å². The van der Waals surface area contributed by atoms with Crippen molar-refractivity contribution in [3.63, 3.8) is 0 Å². The molecule has 4 heteroatoms. The summed E-state index contributed by atoms with van der Waals surface area (Å²) in [5.41, 5.74) is 7.12. The van der Waals surface area contributed by atoms with Gasteiger partial charge in [0.05, 0.1) is 11.9 Å². The number of halogens is 1. The maximum atomic E-state index is 13.6. The summed E-state index contributed by atoms with van der Waals surface area (Å²) >= 11 is 0. The molecule has 0 amide bonds. The van der Waals surface area contributed by atoms with Gasteiger partial charge in [0.15, 0.2) is 5.95 Å². The molecular weight excluding hydrogens is 181 g/mol. The fourth-order valence-electron chi connectivity index (χ4n) is 1.33. The monoisotopic (exact) mass is 191 g/mol. The molecule has 0 saturated carbocycles. The summed E-state index contributed by atoms with van der Waals surface area (Å²) in [5.74, 6) is 0.0528. The van der Waals surface area contributed by atoms with E-state index >= 15 is 0 Å². The number of rotatable bonds is 1. The average Bonchev–Trinajstić information content (AvgIpc) is 2.57. The summed E-state index contributed by atoms with van der Waals surface area (Å²) in [7, 11) is 0. The number of nitrogens with two attached hydrogens (primary N) is 1. The molecule has 0 unspecified atom stereocenters. The van der Waals surface area contributed by atoms with E-state index in [2.05, 4.69) is 9.97 Å². The summed E-state index contributed by atoms with van der Waals surface area (Å²) < 4.78 is 13.6. The molecular formula is C10H10FN3. The molecule has 0 aliphatic heterocycles. The minimum atomic E-state index is -0.240. The highest BCUT2D eigenvalue weighted by Gasteiger charge is 2.08. The van der Waals surface area contributed by atoms with Crippen LogP contribution < -0.4 is 5.73 Å².